The smallest absolute Gasteiger partial charge is 0.213 e. The van der Waals surface area contributed by atoms with Crippen LogP contribution in [0.25, 0.3) is 0 Å². The summed E-state index contributed by atoms with van der Waals surface area (Å²) in [5.41, 5.74) is 1.11. The van der Waals surface area contributed by atoms with Gasteiger partial charge in [0.05, 0.1) is 19.0 Å². The largest absolute Gasteiger partial charge is 0.481 e. The van der Waals surface area contributed by atoms with Gasteiger partial charge in [-0.2, -0.15) is 0 Å². The fourth-order valence-electron chi connectivity index (χ4n) is 2.94. The maximum absolute atomic E-state index is 5.06. The molecule has 17 heavy (non-hydrogen) atoms. The van der Waals surface area contributed by atoms with Gasteiger partial charge in [-0.3, -0.25) is 0 Å². The second kappa shape index (κ2) is 4.53. The van der Waals surface area contributed by atoms with Crippen LogP contribution in [-0.2, 0) is 0 Å². The van der Waals surface area contributed by atoms with Gasteiger partial charge in [0, 0.05) is 25.2 Å². The molecule has 2 saturated heterocycles. The lowest BCUT2D eigenvalue weighted by atomic mass is 9.94. The van der Waals surface area contributed by atoms with Crippen LogP contribution in [-0.4, -0.2) is 42.7 Å². The molecule has 3 heterocycles. The van der Waals surface area contributed by atoms with Gasteiger partial charge in [0.15, 0.2) is 0 Å². The highest BCUT2D eigenvalue weighted by atomic mass is 16.5. The summed E-state index contributed by atoms with van der Waals surface area (Å²) in [5, 5.41) is 3.62. The van der Waals surface area contributed by atoms with Crippen molar-refractivity contribution in [2.45, 2.75) is 18.9 Å². The van der Waals surface area contributed by atoms with Crippen molar-refractivity contribution in [2.75, 3.05) is 32.1 Å². The number of aromatic nitrogens is 1. The maximum Gasteiger partial charge on any atom is 0.213 e. The number of ether oxygens (including phenoxy) is 1. The van der Waals surface area contributed by atoms with E-state index in [9.17, 15) is 0 Å². The van der Waals surface area contributed by atoms with Crippen LogP contribution in [0, 0.1) is 5.92 Å². The number of pyridine rings is 1. The lowest BCUT2D eigenvalue weighted by Gasteiger charge is -2.31. The molecule has 0 saturated carbocycles. The number of methoxy groups -OCH3 is 1. The predicted molar refractivity (Wildman–Crippen MR) is 67.4 cm³/mol. The van der Waals surface area contributed by atoms with Gasteiger partial charge in [0.2, 0.25) is 5.88 Å². The summed E-state index contributed by atoms with van der Waals surface area (Å²) in [4.78, 5) is 6.79. The first-order chi connectivity index (χ1) is 8.35. The highest BCUT2D eigenvalue weighted by Crippen LogP contribution is 2.29. The van der Waals surface area contributed by atoms with Crippen LogP contribution >= 0.6 is 0 Å². The average Bonchev–Trinajstić information content (AvgIpc) is 2.77. The third-order valence-electron chi connectivity index (χ3n) is 3.93. The molecular formula is C13H19N3O. The van der Waals surface area contributed by atoms with Gasteiger partial charge in [0.25, 0.3) is 0 Å². The average molecular weight is 233 g/mol. The predicted octanol–water partition coefficient (Wildman–Crippen LogP) is 1.60. The van der Waals surface area contributed by atoms with Crippen molar-refractivity contribution in [1.82, 2.24) is 9.88 Å². The van der Waals surface area contributed by atoms with Crippen LogP contribution in [0.5, 0.6) is 5.88 Å². The number of nitrogens with one attached hydrogen (secondary N) is 1. The molecule has 1 aromatic heterocycles. The molecule has 3 atom stereocenters. The van der Waals surface area contributed by atoms with Crippen LogP contribution in [0.15, 0.2) is 18.3 Å². The van der Waals surface area contributed by atoms with Crippen LogP contribution < -0.4 is 10.1 Å². The van der Waals surface area contributed by atoms with E-state index in [1.54, 1.807) is 7.11 Å². The lowest BCUT2D eigenvalue weighted by Crippen LogP contribution is -2.39. The normalized spacial score (nSPS) is 31.2. The van der Waals surface area contributed by atoms with E-state index in [-0.39, 0.29) is 0 Å². The van der Waals surface area contributed by atoms with Gasteiger partial charge in [0.1, 0.15) is 0 Å². The van der Waals surface area contributed by atoms with Crippen molar-refractivity contribution >= 4 is 5.69 Å². The molecule has 4 nitrogen and oxygen atoms in total. The van der Waals surface area contributed by atoms with E-state index in [1.807, 2.05) is 18.3 Å². The Kier molecular flexibility index (Phi) is 2.89. The zero-order valence-corrected chi connectivity index (χ0v) is 10.2. The number of nitrogens with zero attached hydrogens (tertiary/aromatic N) is 2. The molecule has 0 aliphatic carbocycles. The van der Waals surface area contributed by atoms with E-state index in [4.69, 9.17) is 4.74 Å². The minimum Gasteiger partial charge on any atom is -0.481 e. The zero-order chi connectivity index (χ0) is 11.7. The summed E-state index contributed by atoms with van der Waals surface area (Å²) in [6, 6.07) is 4.57. The molecule has 0 aromatic carbocycles. The Hall–Kier alpha value is -1.29. The molecule has 0 amide bonds. The third-order valence-corrected chi connectivity index (χ3v) is 3.93. The van der Waals surface area contributed by atoms with E-state index in [0.717, 1.165) is 11.6 Å². The molecule has 2 fully saturated rings. The van der Waals surface area contributed by atoms with Crippen molar-refractivity contribution in [1.29, 1.82) is 0 Å². The Balaban J connectivity index is 1.65. The minimum absolute atomic E-state index is 0.615. The van der Waals surface area contributed by atoms with Gasteiger partial charge in [-0.25, -0.2) is 4.98 Å². The molecule has 0 radical (unpaired) electrons. The van der Waals surface area contributed by atoms with E-state index in [0.29, 0.717) is 11.9 Å². The molecule has 3 unspecified atom stereocenters. The molecule has 3 rings (SSSR count). The quantitative estimate of drug-likeness (QED) is 0.860. The zero-order valence-electron chi connectivity index (χ0n) is 10.2. The van der Waals surface area contributed by atoms with Gasteiger partial charge < -0.3 is 15.0 Å². The van der Waals surface area contributed by atoms with Crippen molar-refractivity contribution in [3.63, 3.8) is 0 Å². The molecular weight excluding hydrogens is 214 g/mol. The molecule has 4 heteroatoms. The fraction of sp³-hybridized carbons (Fsp3) is 0.615. The fourth-order valence-corrected chi connectivity index (χ4v) is 2.94. The van der Waals surface area contributed by atoms with Gasteiger partial charge in [-0.05, 0) is 31.4 Å². The molecule has 2 aliphatic heterocycles. The third kappa shape index (κ3) is 2.22. The summed E-state index contributed by atoms with van der Waals surface area (Å²) in [6.07, 6.45) is 4.44. The number of anilines is 1. The summed E-state index contributed by atoms with van der Waals surface area (Å²) < 4.78 is 5.06. The van der Waals surface area contributed by atoms with Crippen molar-refractivity contribution in [2.24, 2.45) is 5.92 Å². The molecule has 1 aromatic rings. The second-order valence-corrected chi connectivity index (χ2v) is 4.98. The van der Waals surface area contributed by atoms with Gasteiger partial charge in [-0.1, -0.05) is 0 Å². The van der Waals surface area contributed by atoms with Crippen LogP contribution in [0.2, 0.25) is 0 Å². The molecule has 0 spiro atoms. The van der Waals surface area contributed by atoms with E-state index in [1.165, 1.54) is 32.5 Å². The summed E-state index contributed by atoms with van der Waals surface area (Å²) in [5.74, 6) is 1.48. The van der Waals surface area contributed by atoms with Crippen molar-refractivity contribution in [3.05, 3.63) is 18.3 Å². The van der Waals surface area contributed by atoms with Crippen LogP contribution in [0.1, 0.15) is 12.8 Å². The monoisotopic (exact) mass is 233 g/mol. The SMILES string of the molecule is COc1ccc(NC2CCN3CCC2C3)cn1. The first-order valence-corrected chi connectivity index (χ1v) is 6.34. The number of hydrogen-bond acceptors (Lipinski definition) is 4. The van der Waals surface area contributed by atoms with Gasteiger partial charge in [-0.15, -0.1) is 0 Å². The molecule has 92 valence electrons. The molecule has 2 bridgehead atoms. The number of hydrogen-bond donors (Lipinski definition) is 1. The van der Waals surface area contributed by atoms with E-state index in [2.05, 4.69) is 15.2 Å². The highest BCUT2D eigenvalue weighted by Gasteiger charge is 2.33. The van der Waals surface area contributed by atoms with E-state index < -0.39 is 0 Å². The van der Waals surface area contributed by atoms with Crippen molar-refractivity contribution < 1.29 is 4.74 Å². The number of fused-ring (bicyclic) bond motifs is 2. The Morgan fingerprint density at radius 3 is 3.00 bits per heavy atom. The summed E-state index contributed by atoms with van der Waals surface area (Å²) in [6.45, 7) is 3.78. The maximum atomic E-state index is 5.06. The standard InChI is InChI=1S/C13H19N3O/c1-17-13-3-2-11(8-14-13)15-12-5-7-16-6-4-10(12)9-16/h2-3,8,10,12,15H,4-7,9H2,1H3. The Labute approximate surface area is 102 Å². The topological polar surface area (TPSA) is 37.4 Å². The Morgan fingerprint density at radius 1 is 1.35 bits per heavy atom. The summed E-state index contributed by atoms with van der Waals surface area (Å²) >= 11 is 0. The first-order valence-electron chi connectivity index (χ1n) is 6.34. The molecule has 2 aliphatic rings. The lowest BCUT2D eigenvalue weighted by molar-refractivity contribution is 0.255. The highest BCUT2D eigenvalue weighted by molar-refractivity contribution is 5.43. The van der Waals surface area contributed by atoms with Gasteiger partial charge >= 0.3 is 0 Å². The minimum atomic E-state index is 0.615. The Morgan fingerprint density at radius 2 is 2.24 bits per heavy atom. The van der Waals surface area contributed by atoms with Crippen LogP contribution in [0.4, 0.5) is 5.69 Å². The number of rotatable bonds is 3. The first kappa shape index (κ1) is 10.8. The van der Waals surface area contributed by atoms with Crippen LogP contribution in [0.3, 0.4) is 0 Å². The molecule has 1 N–H and O–H groups in total. The summed E-state index contributed by atoms with van der Waals surface area (Å²) in [7, 11) is 1.64. The van der Waals surface area contributed by atoms with Crippen molar-refractivity contribution in [3.8, 4) is 5.88 Å². The Bertz CT molecular complexity index is 379. The van der Waals surface area contributed by atoms with E-state index >= 15 is 0 Å². The second-order valence-electron chi connectivity index (χ2n) is 4.98. The number of piperidine rings is 1.